The molecule has 0 aromatic carbocycles. The second kappa shape index (κ2) is 7.63. The number of nitrogens with one attached hydrogen (secondary N) is 1. The zero-order chi connectivity index (χ0) is 14.4. The van der Waals surface area contributed by atoms with E-state index in [4.69, 9.17) is 0 Å². The molecule has 3 heteroatoms. The van der Waals surface area contributed by atoms with Crippen LogP contribution in [-0.2, 0) is 0 Å². The summed E-state index contributed by atoms with van der Waals surface area (Å²) in [5, 5.41) is 3.51. The van der Waals surface area contributed by atoms with E-state index in [2.05, 4.69) is 48.1 Å². The third-order valence-electron chi connectivity index (χ3n) is 4.39. The number of nitrogens with zero attached hydrogens (tertiary/aromatic N) is 2. The molecule has 1 fully saturated rings. The lowest BCUT2D eigenvalue weighted by molar-refractivity contribution is 0.403. The summed E-state index contributed by atoms with van der Waals surface area (Å²) in [7, 11) is 0. The average Bonchev–Trinajstić information content (AvgIpc) is 2.52. The molecule has 0 radical (unpaired) electrons. The second-order valence-corrected chi connectivity index (χ2v) is 5.99. The molecular weight excluding hydrogens is 246 g/mol. The maximum absolute atomic E-state index is 4.69. The smallest absolute Gasteiger partial charge is 0.128 e. The summed E-state index contributed by atoms with van der Waals surface area (Å²) in [6, 6.07) is 4.81. The largest absolute Gasteiger partial charge is 0.356 e. The van der Waals surface area contributed by atoms with Crippen molar-refractivity contribution in [3.63, 3.8) is 0 Å². The molecule has 1 aromatic heterocycles. The van der Waals surface area contributed by atoms with E-state index in [1.165, 1.54) is 37.8 Å². The van der Waals surface area contributed by atoms with Crippen molar-refractivity contribution >= 4 is 5.82 Å². The van der Waals surface area contributed by atoms with Crippen molar-refractivity contribution in [3.05, 3.63) is 23.9 Å². The highest BCUT2D eigenvalue weighted by atomic mass is 15.2. The van der Waals surface area contributed by atoms with Crippen molar-refractivity contribution in [1.29, 1.82) is 0 Å². The Labute approximate surface area is 123 Å². The lowest BCUT2D eigenvalue weighted by Gasteiger charge is -2.33. The molecule has 1 aliphatic rings. The predicted octanol–water partition coefficient (Wildman–Crippen LogP) is 3.77. The van der Waals surface area contributed by atoms with Gasteiger partial charge in [-0.15, -0.1) is 0 Å². The third kappa shape index (κ3) is 3.95. The molecule has 2 rings (SSSR count). The molecule has 1 saturated heterocycles. The van der Waals surface area contributed by atoms with Crippen molar-refractivity contribution in [1.82, 2.24) is 10.3 Å². The van der Waals surface area contributed by atoms with Gasteiger partial charge >= 0.3 is 0 Å². The van der Waals surface area contributed by atoms with Crippen molar-refractivity contribution in [2.45, 2.75) is 52.5 Å². The van der Waals surface area contributed by atoms with E-state index < -0.39 is 0 Å². The van der Waals surface area contributed by atoms with Gasteiger partial charge < -0.3 is 10.2 Å². The first-order chi connectivity index (χ1) is 9.74. The van der Waals surface area contributed by atoms with Crippen LogP contribution >= 0.6 is 0 Å². The zero-order valence-corrected chi connectivity index (χ0v) is 13.2. The van der Waals surface area contributed by atoms with Gasteiger partial charge in [0.1, 0.15) is 5.82 Å². The Morgan fingerprint density at radius 2 is 2.25 bits per heavy atom. The summed E-state index contributed by atoms with van der Waals surface area (Å²) in [5.41, 5.74) is 1.28. The normalized spacial score (nSPS) is 20.9. The van der Waals surface area contributed by atoms with Crippen LogP contribution in [0.4, 0.5) is 5.82 Å². The average molecular weight is 275 g/mol. The number of piperidine rings is 1. The van der Waals surface area contributed by atoms with Gasteiger partial charge in [-0.3, -0.25) is 0 Å². The standard InChI is InChI=1S/C17H29N3/c1-4-10-18-14(3)16-8-9-17(19-12-16)20-11-6-7-15(5-2)13-20/h8-9,12,14-15,18H,4-7,10-11,13H2,1-3H3. The number of hydrogen-bond donors (Lipinski definition) is 1. The number of anilines is 1. The number of hydrogen-bond acceptors (Lipinski definition) is 3. The number of aromatic nitrogens is 1. The van der Waals surface area contributed by atoms with Gasteiger partial charge in [0, 0.05) is 25.3 Å². The minimum Gasteiger partial charge on any atom is -0.356 e. The molecule has 112 valence electrons. The van der Waals surface area contributed by atoms with Gasteiger partial charge in [0.15, 0.2) is 0 Å². The Morgan fingerprint density at radius 3 is 2.90 bits per heavy atom. The molecule has 0 bridgehead atoms. The van der Waals surface area contributed by atoms with Crippen molar-refractivity contribution in [3.8, 4) is 0 Å². The fraction of sp³-hybridized carbons (Fsp3) is 0.706. The Bertz CT molecular complexity index is 388. The van der Waals surface area contributed by atoms with E-state index in [0.29, 0.717) is 6.04 Å². The first kappa shape index (κ1) is 15.3. The molecule has 2 atom stereocenters. The van der Waals surface area contributed by atoms with E-state index in [1.807, 2.05) is 6.20 Å². The quantitative estimate of drug-likeness (QED) is 0.856. The first-order valence-corrected chi connectivity index (χ1v) is 8.18. The molecule has 20 heavy (non-hydrogen) atoms. The number of rotatable bonds is 6. The van der Waals surface area contributed by atoms with E-state index in [1.54, 1.807) is 0 Å². The molecule has 0 aliphatic carbocycles. The van der Waals surface area contributed by atoms with Gasteiger partial charge in [0.2, 0.25) is 0 Å². The molecule has 0 spiro atoms. The Balaban J connectivity index is 1.97. The second-order valence-electron chi connectivity index (χ2n) is 5.99. The van der Waals surface area contributed by atoms with Crippen LogP contribution in [0.25, 0.3) is 0 Å². The highest BCUT2D eigenvalue weighted by molar-refractivity contribution is 5.40. The van der Waals surface area contributed by atoms with Gasteiger partial charge in [-0.1, -0.05) is 26.3 Å². The molecule has 1 N–H and O–H groups in total. The van der Waals surface area contributed by atoms with E-state index in [9.17, 15) is 0 Å². The van der Waals surface area contributed by atoms with E-state index >= 15 is 0 Å². The molecule has 0 amide bonds. The third-order valence-corrected chi connectivity index (χ3v) is 4.39. The predicted molar refractivity (Wildman–Crippen MR) is 86.2 cm³/mol. The van der Waals surface area contributed by atoms with Crippen LogP contribution in [0, 0.1) is 5.92 Å². The molecule has 2 heterocycles. The molecule has 1 aliphatic heterocycles. The highest BCUT2D eigenvalue weighted by Crippen LogP contribution is 2.24. The van der Waals surface area contributed by atoms with Crippen molar-refractivity contribution < 1.29 is 0 Å². The van der Waals surface area contributed by atoms with Gasteiger partial charge in [-0.2, -0.15) is 0 Å². The first-order valence-electron chi connectivity index (χ1n) is 8.18. The van der Waals surface area contributed by atoms with Crippen LogP contribution in [0.1, 0.15) is 58.1 Å². The van der Waals surface area contributed by atoms with Gasteiger partial charge in [-0.25, -0.2) is 4.98 Å². The van der Waals surface area contributed by atoms with Crippen LogP contribution in [0.5, 0.6) is 0 Å². The molecule has 1 aromatic rings. The van der Waals surface area contributed by atoms with Crippen LogP contribution in [0.15, 0.2) is 18.3 Å². The number of pyridine rings is 1. The van der Waals surface area contributed by atoms with Crippen molar-refractivity contribution in [2.24, 2.45) is 5.92 Å². The topological polar surface area (TPSA) is 28.2 Å². The summed E-state index contributed by atoms with van der Waals surface area (Å²) in [4.78, 5) is 7.14. The maximum atomic E-state index is 4.69. The lowest BCUT2D eigenvalue weighted by atomic mass is 9.96. The summed E-state index contributed by atoms with van der Waals surface area (Å²) < 4.78 is 0. The Morgan fingerprint density at radius 1 is 1.40 bits per heavy atom. The molecule has 2 unspecified atom stereocenters. The molecule has 0 saturated carbocycles. The van der Waals surface area contributed by atoms with Gasteiger partial charge in [0.25, 0.3) is 0 Å². The zero-order valence-electron chi connectivity index (χ0n) is 13.2. The minimum absolute atomic E-state index is 0.390. The fourth-order valence-electron chi connectivity index (χ4n) is 2.93. The van der Waals surface area contributed by atoms with Crippen LogP contribution in [-0.4, -0.2) is 24.6 Å². The fourth-order valence-corrected chi connectivity index (χ4v) is 2.93. The lowest BCUT2D eigenvalue weighted by Crippen LogP contribution is -2.35. The highest BCUT2D eigenvalue weighted by Gasteiger charge is 2.19. The summed E-state index contributed by atoms with van der Waals surface area (Å²) in [5.74, 6) is 1.99. The van der Waals surface area contributed by atoms with Gasteiger partial charge in [-0.05, 0) is 50.3 Å². The summed E-state index contributed by atoms with van der Waals surface area (Å²) in [6.07, 6.45) is 7.17. The SMILES string of the molecule is CCCNC(C)c1ccc(N2CCCC(CC)C2)nc1. The monoisotopic (exact) mass is 275 g/mol. The summed E-state index contributed by atoms with van der Waals surface area (Å²) in [6.45, 7) is 10.1. The summed E-state index contributed by atoms with van der Waals surface area (Å²) >= 11 is 0. The van der Waals surface area contributed by atoms with Crippen LogP contribution in [0.2, 0.25) is 0 Å². The van der Waals surface area contributed by atoms with E-state index in [-0.39, 0.29) is 0 Å². The van der Waals surface area contributed by atoms with E-state index in [0.717, 1.165) is 24.8 Å². The van der Waals surface area contributed by atoms with Gasteiger partial charge in [0.05, 0.1) is 0 Å². The molecular formula is C17H29N3. The van der Waals surface area contributed by atoms with Crippen molar-refractivity contribution in [2.75, 3.05) is 24.5 Å². The van der Waals surface area contributed by atoms with Crippen LogP contribution in [0.3, 0.4) is 0 Å². The Hall–Kier alpha value is -1.09. The maximum Gasteiger partial charge on any atom is 0.128 e. The Kier molecular flexibility index (Phi) is 5.84. The van der Waals surface area contributed by atoms with Crippen LogP contribution < -0.4 is 10.2 Å². The minimum atomic E-state index is 0.390. The molecule has 3 nitrogen and oxygen atoms in total.